The zero-order chi connectivity index (χ0) is 17.6. The number of methoxy groups -OCH3 is 1. The Morgan fingerprint density at radius 3 is 2.68 bits per heavy atom. The molecule has 25 heavy (non-hydrogen) atoms. The molecule has 0 atom stereocenters. The van der Waals surface area contributed by atoms with E-state index in [-0.39, 0.29) is 0 Å². The summed E-state index contributed by atoms with van der Waals surface area (Å²) in [6, 6.07) is 15.3. The van der Waals surface area contributed by atoms with Gasteiger partial charge in [-0.3, -0.25) is 0 Å². The lowest BCUT2D eigenvalue weighted by atomic mass is 10.2. The normalized spacial score (nSPS) is 11.0. The molecule has 3 rings (SSSR count). The van der Waals surface area contributed by atoms with Crippen molar-refractivity contribution in [1.29, 1.82) is 0 Å². The number of hydrogen-bond donors (Lipinski definition) is 1. The number of H-pyrrole nitrogens is 1. The predicted molar refractivity (Wildman–Crippen MR) is 100 cm³/mol. The van der Waals surface area contributed by atoms with Crippen LogP contribution < -0.4 is 9.47 Å². The molecule has 0 spiro atoms. The summed E-state index contributed by atoms with van der Waals surface area (Å²) in [5, 5.41) is 11.5. The van der Waals surface area contributed by atoms with Gasteiger partial charge in [0, 0.05) is 0 Å². The first kappa shape index (κ1) is 16.9. The molecule has 0 radical (unpaired) electrons. The second kappa shape index (κ2) is 7.76. The molecule has 0 unspecified atom stereocenters. The Balaban J connectivity index is 1.93. The molecule has 1 N–H and O–H groups in total. The number of aromatic nitrogens is 3. The van der Waals surface area contributed by atoms with Crippen LogP contribution in [0.2, 0.25) is 0 Å². The molecule has 0 saturated heterocycles. The van der Waals surface area contributed by atoms with Crippen molar-refractivity contribution in [3.63, 3.8) is 0 Å². The number of rotatable bonds is 6. The largest absolute Gasteiger partial charge is 0.496 e. The molecule has 1 aromatic heterocycles. The summed E-state index contributed by atoms with van der Waals surface area (Å²) in [4.78, 5) is 0. The maximum atomic E-state index is 5.44. The van der Waals surface area contributed by atoms with E-state index in [0.717, 1.165) is 16.9 Å². The molecule has 1 heterocycles. The zero-order valence-electron chi connectivity index (χ0n) is 14.0. The highest BCUT2D eigenvalue weighted by Crippen LogP contribution is 2.28. The summed E-state index contributed by atoms with van der Waals surface area (Å²) < 4.78 is 12.8. The third-order valence-electron chi connectivity index (χ3n) is 3.51. The highest BCUT2D eigenvalue weighted by Gasteiger charge is 2.12. The van der Waals surface area contributed by atoms with Gasteiger partial charge in [0.1, 0.15) is 11.5 Å². The third-order valence-corrected chi connectivity index (χ3v) is 3.78. The van der Waals surface area contributed by atoms with E-state index in [1.807, 2.05) is 55.5 Å². The molecule has 3 aromatic rings. The average Bonchev–Trinajstić information content (AvgIpc) is 3.02. The molecule has 0 fully saturated rings. The highest BCUT2D eigenvalue weighted by molar-refractivity contribution is 7.71. The van der Waals surface area contributed by atoms with Crippen LogP contribution in [-0.2, 0) is 0 Å². The number of benzene rings is 2. The minimum atomic E-state index is 0.406. The van der Waals surface area contributed by atoms with Crippen LogP contribution in [0.15, 0.2) is 53.6 Å². The second-order valence-electron chi connectivity index (χ2n) is 5.11. The van der Waals surface area contributed by atoms with E-state index in [1.54, 1.807) is 18.0 Å². The van der Waals surface area contributed by atoms with E-state index < -0.39 is 0 Å². The van der Waals surface area contributed by atoms with Crippen molar-refractivity contribution in [2.45, 2.75) is 6.92 Å². The third kappa shape index (κ3) is 3.77. The molecule has 2 aromatic carbocycles. The topological polar surface area (TPSA) is 64.4 Å². The van der Waals surface area contributed by atoms with Crippen molar-refractivity contribution in [3.05, 3.63) is 58.9 Å². The van der Waals surface area contributed by atoms with E-state index in [1.165, 1.54) is 0 Å². The summed E-state index contributed by atoms with van der Waals surface area (Å²) in [5.41, 5.74) is 1.73. The van der Waals surface area contributed by atoms with Gasteiger partial charge in [0.05, 0.1) is 25.5 Å². The van der Waals surface area contributed by atoms with Crippen molar-refractivity contribution in [2.75, 3.05) is 13.7 Å². The predicted octanol–water partition coefficient (Wildman–Crippen LogP) is 3.90. The Bertz CT molecular complexity index is 929. The number of hydrogen-bond acceptors (Lipinski definition) is 5. The summed E-state index contributed by atoms with van der Waals surface area (Å²) >= 11 is 5.29. The molecular formula is C18H18N4O2S. The van der Waals surface area contributed by atoms with Gasteiger partial charge in [-0.05, 0) is 61.1 Å². The Labute approximate surface area is 150 Å². The lowest BCUT2D eigenvalue weighted by molar-refractivity contribution is 0.340. The van der Waals surface area contributed by atoms with Gasteiger partial charge in [0.25, 0.3) is 0 Å². The first-order chi connectivity index (χ1) is 12.2. The van der Waals surface area contributed by atoms with Gasteiger partial charge in [0.2, 0.25) is 4.77 Å². The summed E-state index contributed by atoms with van der Waals surface area (Å²) in [6.07, 6.45) is 1.72. The van der Waals surface area contributed by atoms with Gasteiger partial charge in [-0.2, -0.15) is 14.9 Å². The highest BCUT2D eigenvalue weighted by atomic mass is 32.1. The van der Waals surface area contributed by atoms with E-state index in [0.29, 0.717) is 23.0 Å². The molecule has 0 aliphatic heterocycles. The maximum Gasteiger partial charge on any atom is 0.216 e. The van der Waals surface area contributed by atoms with Crippen LogP contribution in [0.3, 0.4) is 0 Å². The molecule has 0 aliphatic carbocycles. The minimum Gasteiger partial charge on any atom is -0.496 e. The maximum absolute atomic E-state index is 5.44. The quantitative estimate of drug-likeness (QED) is 0.539. The van der Waals surface area contributed by atoms with Crippen molar-refractivity contribution in [2.24, 2.45) is 5.10 Å². The standard InChI is InChI=1S/C18H18N4O2S/c1-3-24-14-10-8-13(9-11-14)12-19-22-17(20-21-18(22)25)15-6-4-5-7-16(15)23-2/h4-12H,3H2,1-2H3,(H,21,25). The van der Waals surface area contributed by atoms with Crippen LogP contribution in [0.5, 0.6) is 11.5 Å². The SMILES string of the molecule is CCOc1ccc(C=Nn2c(-c3ccccc3OC)n[nH]c2=S)cc1. The Morgan fingerprint density at radius 1 is 1.20 bits per heavy atom. The number of nitrogens with zero attached hydrogens (tertiary/aromatic N) is 3. The van der Waals surface area contributed by atoms with Crippen LogP contribution in [0.25, 0.3) is 11.4 Å². The van der Waals surface area contributed by atoms with Gasteiger partial charge in [0.15, 0.2) is 5.82 Å². The summed E-state index contributed by atoms with van der Waals surface area (Å²) in [5.74, 6) is 2.12. The van der Waals surface area contributed by atoms with Gasteiger partial charge in [-0.15, -0.1) is 0 Å². The van der Waals surface area contributed by atoms with Gasteiger partial charge in [-0.1, -0.05) is 12.1 Å². The van der Waals surface area contributed by atoms with Gasteiger partial charge >= 0.3 is 0 Å². The van der Waals surface area contributed by atoms with Crippen LogP contribution >= 0.6 is 12.2 Å². The van der Waals surface area contributed by atoms with Gasteiger partial charge in [-0.25, -0.2) is 5.10 Å². The number of nitrogens with one attached hydrogen (secondary N) is 1. The number of para-hydroxylation sites is 1. The molecule has 0 bridgehead atoms. The van der Waals surface area contributed by atoms with Crippen molar-refractivity contribution >= 4 is 18.4 Å². The second-order valence-corrected chi connectivity index (χ2v) is 5.50. The Kier molecular flexibility index (Phi) is 5.25. The lowest BCUT2D eigenvalue weighted by Gasteiger charge is -2.07. The molecule has 0 aliphatic rings. The Hall–Kier alpha value is -2.93. The fraction of sp³-hybridized carbons (Fsp3) is 0.167. The van der Waals surface area contributed by atoms with E-state index >= 15 is 0 Å². The molecule has 0 saturated carbocycles. The zero-order valence-corrected chi connectivity index (χ0v) is 14.8. The van der Waals surface area contributed by atoms with E-state index in [4.69, 9.17) is 21.7 Å². The number of ether oxygens (including phenoxy) is 2. The molecule has 0 amide bonds. The first-order valence-electron chi connectivity index (χ1n) is 7.81. The lowest BCUT2D eigenvalue weighted by Crippen LogP contribution is -1.97. The minimum absolute atomic E-state index is 0.406. The fourth-order valence-electron chi connectivity index (χ4n) is 2.34. The van der Waals surface area contributed by atoms with Crippen LogP contribution in [-0.4, -0.2) is 34.8 Å². The van der Waals surface area contributed by atoms with Crippen LogP contribution in [0.4, 0.5) is 0 Å². The first-order valence-corrected chi connectivity index (χ1v) is 8.21. The molecule has 128 valence electrons. The number of aromatic amines is 1. The summed E-state index contributed by atoms with van der Waals surface area (Å²) in [6.45, 7) is 2.59. The monoisotopic (exact) mass is 354 g/mol. The van der Waals surface area contributed by atoms with E-state index in [9.17, 15) is 0 Å². The van der Waals surface area contributed by atoms with Crippen molar-refractivity contribution in [1.82, 2.24) is 14.9 Å². The van der Waals surface area contributed by atoms with Crippen molar-refractivity contribution < 1.29 is 9.47 Å². The van der Waals surface area contributed by atoms with Crippen molar-refractivity contribution in [3.8, 4) is 22.9 Å². The molecular weight excluding hydrogens is 336 g/mol. The Morgan fingerprint density at radius 2 is 1.96 bits per heavy atom. The van der Waals surface area contributed by atoms with Gasteiger partial charge < -0.3 is 9.47 Å². The molecule has 7 heteroatoms. The van der Waals surface area contributed by atoms with Crippen LogP contribution in [0.1, 0.15) is 12.5 Å². The fourth-order valence-corrected chi connectivity index (χ4v) is 2.52. The van der Waals surface area contributed by atoms with E-state index in [2.05, 4.69) is 15.3 Å². The summed E-state index contributed by atoms with van der Waals surface area (Å²) in [7, 11) is 1.62. The van der Waals surface area contributed by atoms with Crippen LogP contribution in [0, 0.1) is 4.77 Å². The average molecular weight is 354 g/mol. The molecule has 6 nitrogen and oxygen atoms in total. The smallest absolute Gasteiger partial charge is 0.216 e.